The third-order valence-electron chi connectivity index (χ3n) is 1.61. The third-order valence-corrected chi connectivity index (χ3v) is 2.02. The summed E-state index contributed by atoms with van der Waals surface area (Å²) < 4.78 is 0.652. The fourth-order valence-corrected chi connectivity index (χ4v) is 1.05. The Labute approximate surface area is 84.2 Å². The maximum atomic E-state index is 10.5. The van der Waals surface area contributed by atoms with E-state index in [9.17, 15) is 4.79 Å². The first-order valence-electron chi connectivity index (χ1n) is 3.79. The lowest BCUT2D eigenvalue weighted by molar-refractivity contribution is -0.141. The second-order valence-electron chi connectivity index (χ2n) is 2.77. The average Bonchev–Trinajstić information content (AvgIpc) is 2.08. The Kier molecular flexibility index (Phi) is 3.36. The molecule has 1 aromatic heterocycles. The summed E-state index contributed by atoms with van der Waals surface area (Å²) in [4.78, 5) is 18.5. The van der Waals surface area contributed by atoms with E-state index in [0.717, 1.165) is 0 Å². The summed E-state index contributed by atoms with van der Waals surface area (Å²) in [5.41, 5.74) is 0.693. The standard InChI is InChI=1S/C8H9BrN2O2/c1-5(8(12)13)2-6-3-11-7(9)4-10-6/h3-5H,2H2,1H3,(H,12,13). The van der Waals surface area contributed by atoms with Gasteiger partial charge in [-0.2, -0.15) is 0 Å². The largest absolute Gasteiger partial charge is 0.481 e. The highest BCUT2D eigenvalue weighted by atomic mass is 79.9. The van der Waals surface area contributed by atoms with Gasteiger partial charge < -0.3 is 5.11 Å². The number of aromatic nitrogens is 2. The number of nitrogens with zero attached hydrogens (tertiary/aromatic N) is 2. The summed E-state index contributed by atoms with van der Waals surface area (Å²) in [6.07, 6.45) is 3.54. The van der Waals surface area contributed by atoms with Gasteiger partial charge in [0, 0.05) is 12.6 Å². The lowest BCUT2D eigenvalue weighted by atomic mass is 10.1. The van der Waals surface area contributed by atoms with Crippen LogP contribution in [0.25, 0.3) is 0 Å². The van der Waals surface area contributed by atoms with Gasteiger partial charge in [-0.3, -0.25) is 9.78 Å². The van der Waals surface area contributed by atoms with E-state index in [4.69, 9.17) is 5.11 Å². The Balaban J connectivity index is 2.64. The van der Waals surface area contributed by atoms with Gasteiger partial charge in [0.2, 0.25) is 0 Å². The minimum atomic E-state index is -0.815. The lowest BCUT2D eigenvalue weighted by Gasteiger charge is -2.03. The second kappa shape index (κ2) is 4.32. The molecular weight excluding hydrogens is 236 g/mol. The highest BCUT2D eigenvalue weighted by Crippen LogP contribution is 2.07. The number of rotatable bonds is 3. The maximum absolute atomic E-state index is 10.5. The van der Waals surface area contributed by atoms with Crippen molar-refractivity contribution >= 4 is 21.9 Å². The second-order valence-corrected chi connectivity index (χ2v) is 3.59. The third kappa shape index (κ3) is 3.10. The monoisotopic (exact) mass is 244 g/mol. The molecule has 1 aromatic rings. The van der Waals surface area contributed by atoms with Crippen LogP contribution in [-0.2, 0) is 11.2 Å². The minimum Gasteiger partial charge on any atom is -0.481 e. The minimum absolute atomic E-state index is 0.412. The van der Waals surface area contributed by atoms with Crippen molar-refractivity contribution in [1.82, 2.24) is 9.97 Å². The van der Waals surface area contributed by atoms with Crippen LogP contribution in [0.15, 0.2) is 17.0 Å². The molecule has 70 valence electrons. The van der Waals surface area contributed by atoms with Crippen molar-refractivity contribution in [2.45, 2.75) is 13.3 Å². The van der Waals surface area contributed by atoms with Gasteiger partial charge in [0.05, 0.1) is 17.8 Å². The fourth-order valence-electron chi connectivity index (χ4n) is 0.845. The van der Waals surface area contributed by atoms with Gasteiger partial charge in [-0.15, -0.1) is 0 Å². The van der Waals surface area contributed by atoms with Crippen LogP contribution in [0.3, 0.4) is 0 Å². The van der Waals surface area contributed by atoms with E-state index in [1.807, 2.05) is 0 Å². The number of hydrogen-bond donors (Lipinski definition) is 1. The van der Waals surface area contributed by atoms with Crippen LogP contribution < -0.4 is 0 Å². The highest BCUT2D eigenvalue weighted by molar-refractivity contribution is 9.10. The van der Waals surface area contributed by atoms with Crippen molar-refractivity contribution in [2.75, 3.05) is 0 Å². The topological polar surface area (TPSA) is 63.1 Å². The molecule has 0 aliphatic rings. The van der Waals surface area contributed by atoms with Crippen LogP contribution in [-0.4, -0.2) is 21.0 Å². The van der Waals surface area contributed by atoms with Crippen LogP contribution in [0.1, 0.15) is 12.6 Å². The van der Waals surface area contributed by atoms with Gasteiger partial charge in [-0.25, -0.2) is 4.98 Å². The Hall–Kier alpha value is -0.970. The molecule has 5 heteroatoms. The van der Waals surface area contributed by atoms with E-state index in [2.05, 4.69) is 25.9 Å². The van der Waals surface area contributed by atoms with Crippen LogP contribution in [0, 0.1) is 5.92 Å². The molecule has 0 saturated carbocycles. The van der Waals surface area contributed by atoms with Crippen molar-refractivity contribution in [3.8, 4) is 0 Å². The van der Waals surface area contributed by atoms with Crippen molar-refractivity contribution in [3.05, 3.63) is 22.7 Å². The predicted octanol–water partition coefficient (Wildman–Crippen LogP) is 1.50. The molecule has 13 heavy (non-hydrogen) atoms. The number of carboxylic acids is 1. The normalized spacial score (nSPS) is 12.5. The number of aliphatic carboxylic acids is 1. The number of carboxylic acid groups (broad SMARTS) is 1. The zero-order chi connectivity index (χ0) is 9.84. The molecule has 1 rings (SSSR count). The van der Waals surface area contributed by atoms with E-state index in [0.29, 0.717) is 16.7 Å². The molecule has 1 heterocycles. The zero-order valence-corrected chi connectivity index (χ0v) is 8.65. The van der Waals surface area contributed by atoms with Crippen molar-refractivity contribution in [1.29, 1.82) is 0 Å². The Morgan fingerprint density at radius 2 is 2.31 bits per heavy atom. The van der Waals surface area contributed by atoms with E-state index in [1.54, 1.807) is 19.3 Å². The summed E-state index contributed by atoms with van der Waals surface area (Å²) in [7, 11) is 0. The van der Waals surface area contributed by atoms with Gasteiger partial charge in [-0.1, -0.05) is 6.92 Å². The molecule has 0 aliphatic carbocycles. The average molecular weight is 245 g/mol. The molecule has 0 bridgehead atoms. The first kappa shape index (κ1) is 10.1. The molecular formula is C8H9BrN2O2. The van der Waals surface area contributed by atoms with Crippen LogP contribution >= 0.6 is 15.9 Å². The first-order chi connectivity index (χ1) is 6.09. The summed E-state index contributed by atoms with van der Waals surface area (Å²) in [6.45, 7) is 1.64. The van der Waals surface area contributed by atoms with Gasteiger partial charge in [0.15, 0.2) is 0 Å². The molecule has 1 N–H and O–H groups in total. The van der Waals surface area contributed by atoms with Crippen LogP contribution in [0.2, 0.25) is 0 Å². The quantitative estimate of drug-likeness (QED) is 0.876. The molecule has 4 nitrogen and oxygen atoms in total. The molecule has 0 spiro atoms. The summed E-state index contributed by atoms with van der Waals surface area (Å²) >= 11 is 3.15. The molecule has 1 atom stereocenters. The van der Waals surface area contributed by atoms with E-state index < -0.39 is 11.9 Å². The summed E-state index contributed by atoms with van der Waals surface area (Å²) in [5, 5.41) is 8.64. The molecule has 0 radical (unpaired) electrons. The first-order valence-corrected chi connectivity index (χ1v) is 4.58. The number of carbonyl (C=O) groups is 1. The molecule has 0 aromatic carbocycles. The molecule has 0 amide bonds. The molecule has 0 aliphatic heterocycles. The van der Waals surface area contributed by atoms with Gasteiger partial charge in [0.25, 0.3) is 0 Å². The SMILES string of the molecule is CC(Cc1cnc(Br)cn1)C(=O)O. The van der Waals surface area contributed by atoms with Crippen molar-refractivity contribution in [3.63, 3.8) is 0 Å². The van der Waals surface area contributed by atoms with E-state index in [-0.39, 0.29) is 0 Å². The zero-order valence-electron chi connectivity index (χ0n) is 7.07. The maximum Gasteiger partial charge on any atom is 0.306 e. The molecule has 1 unspecified atom stereocenters. The summed E-state index contributed by atoms with van der Waals surface area (Å²) in [5.74, 6) is -1.24. The van der Waals surface area contributed by atoms with Gasteiger partial charge in [-0.05, 0) is 15.9 Å². The Morgan fingerprint density at radius 3 is 2.77 bits per heavy atom. The van der Waals surface area contributed by atoms with Gasteiger partial charge in [0.1, 0.15) is 4.60 Å². The van der Waals surface area contributed by atoms with Gasteiger partial charge >= 0.3 is 5.97 Å². The summed E-state index contributed by atoms with van der Waals surface area (Å²) in [6, 6.07) is 0. The van der Waals surface area contributed by atoms with Crippen molar-refractivity contribution in [2.24, 2.45) is 5.92 Å². The number of halogens is 1. The molecule has 0 saturated heterocycles. The van der Waals surface area contributed by atoms with Crippen LogP contribution in [0.5, 0.6) is 0 Å². The van der Waals surface area contributed by atoms with Crippen LogP contribution in [0.4, 0.5) is 0 Å². The lowest BCUT2D eigenvalue weighted by Crippen LogP contribution is -2.13. The number of hydrogen-bond acceptors (Lipinski definition) is 3. The van der Waals surface area contributed by atoms with Crippen molar-refractivity contribution < 1.29 is 9.90 Å². The molecule has 0 fully saturated rings. The predicted molar refractivity (Wildman–Crippen MR) is 50.2 cm³/mol. The Morgan fingerprint density at radius 1 is 1.62 bits per heavy atom. The van der Waals surface area contributed by atoms with E-state index >= 15 is 0 Å². The highest BCUT2D eigenvalue weighted by Gasteiger charge is 2.12. The Bertz CT molecular complexity index is 300. The van der Waals surface area contributed by atoms with E-state index in [1.165, 1.54) is 0 Å². The smallest absolute Gasteiger partial charge is 0.306 e. The fraction of sp³-hybridized carbons (Fsp3) is 0.375.